The average Bonchev–Trinajstić information content (AvgIpc) is 2.93. The Kier molecular flexibility index (Phi) is 3.37. The number of carbonyl (C=O) groups is 1. The summed E-state index contributed by atoms with van der Waals surface area (Å²) in [7, 11) is 1.73. The molecule has 0 spiro atoms. The average molecular weight is 277 g/mol. The van der Waals surface area contributed by atoms with Gasteiger partial charge in [-0.3, -0.25) is 4.79 Å². The van der Waals surface area contributed by atoms with Gasteiger partial charge in [0.05, 0.1) is 6.61 Å². The largest absolute Gasteiger partial charge is 0.368 e. The second-order valence-corrected chi connectivity index (χ2v) is 4.89. The number of benzene rings is 1. The summed E-state index contributed by atoms with van der Waals surface area (Å²) in [6.45, 7) is 0.454. The van der Waals surface area contributed by atoms with Gasteiger partial charge >= 0.3 is 0 Å². The van der Waals surface area contributed by atoms with E-state index in [1.165, 1.54) is 0 Å². The zero-order valence-corrected chi connectivity index (χ0v) is 11.0. The first kappa shape index (κ1) is 13.0. The Morgan fingerprint density at radius 1 is 1.40 bits per heavy atom. The molecule has 7 nitrogen and oxygen atoms in total. The Hall–Kier alpha value is -1.99. The lowest BCUT2D eigenvalue weighted by Crippen LogP contribution is -2.43. The smallest absolute Gasteiger partial charge is 0.253 e. The summed E-state index contributed by atoms with van der Waals surface area (Å²) < 4.78 is 9.69. The fraction of sp³-hybridized carbons (Fsp3) is 0.462. The number of rotatable bonds is 2. The van der Waals surface area contributed by atoms with Gasteiger partial charge in [0, 0.05) is 25.1 Å². The quantitative estimate of drug-likeness (QED) is 0.873. The first-order chi connectivity index (χ1) is 9.65. The van der Waals surface area contributed by atoms with Crippen LogP contribution in [0.4, 0.5) is 0 Å². The van der Waals surface area contributed by atoms with Gasteiger partial charge in [-0.25, -0.2) is 4.63 Å². The van der Waals surface area contributed by atoms with E-state index in [1.807, 2.05) is 0 Å². The summed E-state index contributed by atoms with van der Waals surface area (Å²) in [6.07, 6.45) is 0.342. The number of fused-ring (bicyclic) bond motifs is 1. The van der Waals surface area contributed by atoms with Crippen molar-refractivity contribution < 1.29 is 19.3 Å². The molecule has 2 unspecified atom stereocenters. The number of aliphatic hydroxyl groups is 1. The van der Waals surface area contributed by atoms with Gasteiger partial charge in [-0.05, 0) is 34.9 Å². The Morgan fingerprint density at radius 3 is 3.00 bits per heavy atom. The van der Waals surface area contributed by atoms with Crippen molar-refractivity contribution in [1.82, 2.24) is 15.2 Å². The molecule has 2 atom stereocenters. The number of hydrogen-bond acceptors (Lipinski definition) is 6. The van der Waals surface area contributed by atoms with E-state index in [-0.39, 0.29) is 11.9 Å². The van der Waals surface area contributed by atoms with Crippen LogP contribution in [-0.2, 0) is 4.74 Å². The fourth-order valence-electron chi connectivity index (χ4n) is 2.40. The Labute approximate surface area is 115 Å². The summed E-state index contributed by atoms with van der Waals surface area (Å²) in [5, 5.41) is 16.9. The molecule has 7 heteroatoms. The monoisotopic (exact) mass is 277 g/mol. The number of aromatic nitrogens is 2. The van der Waals surface area contributed by atoms with Crippen LogP contribution in [0.5, 0.6) is 0 Å². The number of amides is 1. The van der Waals surface area contributed by atoms with Crippen LogP contribution in [0, 0.1) is 0 Å². The van der Waals surface area contributed by atoms with E-state index in [2.05, 4.69) is 14.9 Å². The van der Waals surface area contributed by atoms with Crippen molar-refractivity contribution >= 4 is 16.9 Å². The second-order valence-electron chi connectivity index (χ2n) is 4.89. The minimum Gasteiger partial charge on any atom is -0.368 e. The van der Waals surface area contributed by atoms with Crippen LogP contribution in [-0.4, -0.2) is 52.2 Å². The zero-order valence-electron chi connectivity index (χ0n) is 11.0. The molecule has 0 radical (unpaired) electrons. The molecule has 0 saturated carbocycles. The highest BCUT2D eigenvalue weighted by Crippen LogP contribution is 2.20. The second kappa shape index (κ2) is 5.18. The van der Waals surface area contributed by atoms with Crippen molar-refractivity contribution in [3.05, 3.63) is 23.8 Å². The minimum absolute atomic E-state index is 0.0302. The van der Waals surface area contributed by atoms with Gasteiger partial charge in [0.25, 0.3) is 5.91 Å². The van der Waals surface area contributed by atoms with Gasteiger partial charge in [0.1, 0.15) is 11.0 Å². The first-order valence-electron chi connectivity index (χ1n) is 6.44. The van der Waals surface area contributed by atoms with Gasteiger partial charge in [0.2, 0.25) is 0 Å². The highest BCUT2D eigenvalue weighted by Gasteiger charge is 2.27. The molecule has 0 bridgehead atoms. The van der Waals surface area contributed by atoms with E-state index in [0.29, 0.717) is 36.0 Å². The third kappa shape index (κ3) is 2.37. The Balaban J connectivity index is 1.79. The van der Waals surface area contributed by atoms with Crippen molar-refractivity contribution in [3.63, 3.8) is 0 Å². The SMILES string of the molecule is CN(C(=O)c1ccc2nonc2c1)C1CCOC(O)C1. The van der Waals surface area contributed by atoms with Gasteiger partial charge in [0.15, 0.2) is 6.29 Å². The predicted molar refractivity (Wildman–Crippen MR) is 68.9 cm³/mol. The summed E-state index contributed by atoms with van der Waals surface area (Å²) in [5.74, 6) is -0.117. The molecular formula is C13H15N3O4. The normalized spacial score (nSPS) is 22.9. The molecule has 1 aliphatic rings. The first-order valence-corrected chi connectivity index (χ1v) is 6.44. The molecule has 106 valence electrons. The van der Waals surface area contributed by atoms with Crippen LogP contribution >= 0.6 is 0 Å². The number of ether oxygens (including phenoxy) is 1. The van der Waals surface area contributed by atoms with Crippen LogP contribution in [0.2, 0.25) is 0 Å². The lowest BCUT2D eigenvalue weighted by Gasteiger charge is -2.33. The molecule has 3 rings (SSSR count). The fourth-order valence-corrected chi connectivity index (χ4v) is 2.40. The minimum atomic E-state index is -0.800. The number of carbonyl (C=O) groups excluding carboxylic acids is 1. The molecule has 1 aromatic carbocycles. The zero-order chi connectivity index (χ0) is 14.1. The van der Waals surface area contributed by atoms with E-state index in [9.17, 15) is 9.90 Å². The summed E-state index contributed by atoms with van der Waals surface area (Å²) in [5.41, 5.74) is 1.69. The molecule has 2 heterocycles. The number of aliphatic hydroxyl groups excluding tert-OH is 1. The van der Waals surface area contributed by atoms with Crippen LogP contribution in [0.25, 0.3) is 11.0 Å². The molecule has 1 N–H and O–H groups in total. The molecule has 1 saturated heterocycles. The maximum atomic E-state index is 12.4. The standard InChI is InChI=1S/C13H15N3O4/c1-16(9-4-5-19-12(17)7-9)13(18)8-2-3-10-11(6-8)15-20-14-10/h2-3,6,9,12,17H,4-5,7H2,1H3. The van der Waals surface area contributed by atoms with Crippen molar-refractivity contribution in [2.45, 2.75) is 25.2 Å². The van der Waals surface area contributed by atoms with E-state index in [1.54, 1.807) is 30.1 Å². The van der Waals surface area contributed by atoms with E-state index >= 15 is 0 Å². The molecule has 20 heavy (non-hydrogen) atoms. The van der Waals surface area contributed by atoms with Crippen molar-refractivity contribution in [3.8, 4) is 0 Å². The van der Waals surface area contributed by atoms with Crippen molar-refractivity contribution in [2.24, 2.45) is 0 Å². The van der Waals surface area contributed by atoms with Crippen LogP contribution < -0.4 is 0 Å². The van der Waals surface area contributed by atoms with Crippen molar-refractivity contribution in [2.75, 3.05) is 13.7 Å². The Morgan fingerprint density at radius 2 is 2.20 bits per heavy atom. The maximum Gasteiger partial charge on any atom is 0.253 e. The van der Waals surface area contributed by atoms with Crippen molar-refractivity contribution in [1.29, 1.82) is 0 Å². The van der Waals surface area contributed by atoms with Crippen LogP contribution in [0.3, 0.4) is 0 Å². The third-order valence-electron chi connectivity index (χ3n) is 3.60. The number of nitrogens with zero attached hydrogens (tertiary/aromatic N) is 3. The maximum absolute atomic E-state index is 12.4. The van der Waals surface area contributed by atoms with Gasteiger partial charge < -0.3 is 14.7 Å². The van der Waals surface area contributed by atoms with Crippen LogP contribution in [0.15, 0.2) is 22.8 Å². The molecule has 1 aliphatic heterocycles. The third-order valence-corrected chi connectivity index (χ3v) is 3.60. The molecule has 1 aromatic heterocycles. The lowest BCUT2D eigenvalue weighted by molar-refractivity contribution is -0.138. The van der Waals surface area contributed by atoms with Gasteiger partial charge in [-0.15, -0.1) is 0 Å². The summed E-state index contributed by atoms with van der Waals surface area (Å²) in [6, 6.07) is 5.02. The highest BCUT2D eigenvalue weighted by atomic mass is 16.6. The molecule has 1 fully saturated rings. The molecule has 0 aliphatic carbocycles. The summed E-state index contributed by atoms with van der Waals surface area (Å²) in [4.78, 5) is 14.1. The number of hydrogen-bond donors (Lipinski definition) is 1. The van der Waals surface area contributed by atoms with E-state index in [4.69, 9.17) is 4.74 Å². The summed E-state index contributed by atoms with van der Waals surface area (Å²) >= 11 is 0. The lowest BCUT2D eigenvalue weighted by atomic mass is 10.1. The van der Waals surface area contributed by atoms with Crippen LogP contribution in [0.1, 0.15) is 23.2 Å². The molecule has 1 amide bonds. The van der Waals surface area contributed by atoms with E-state index in [0.717, 1.165) is 0 Å². The molecule has 2 aromatic rings. The topological polar surface area (TPSA) is 88.7 Å². The van der Waals surface area contributed by atoms with E-state index < -0.39 is 6.29 Å². The molecular weight excluding hydrogens is 262 g/mol. The van der Waals surface area contributed by atoms with Gasteiger partial charge in [-0.1, -0.05) is 0 Å². The Bertz CT molecular complexity index is 627. The highest BCUT2D eigenvalue weighted by molar-refractivity contribution is 5.97. The predicted octanol–water partition coefficient (Wildman–Crippen LogP) is 0.792. The van der Waals surface area contributed by atoms with Gasteiger partial charge in [-0.2, -0.15) is 0 Å².